The average Bonchev–Trinajstić information content (AvgIpc) is 2.41. The Bertz CT molecular complexity index is 572. The van der Waals surface area contributed by atoms with Gasteiger partial charge in [-0.15, -0.1) is 0 Å². The molecule has 0 aliphatic rings. The van der Waals surface area contributed by atoms with Crippen molar-refractivity contribution >= 4 is 11.8 Å². The molecule has 0 saturated heterocycles. The Morgan fingerprint density at radius 1 is 1.26 bits per heavy atom. The van der Waals surface area contributed by atoms with E-state index in [-0.39, 0.29) is 11.6 Å². The zero-order valence-electron chi connectivity index (χ0n) is 10.0. The molecule has 2 N–H and O–H groups in total. The number of hydrogen-bond acceptors (Lipinski definition) is 4. The molecule has 0 radical (unpaired) electrons. The summed E-state index contributed by atoms with van der Waals surface area (Å²) in [5.41, 5.74) is 0.987. The van der Waals surface area contributed by atoms with Gasteiger partial charge in [-0.05, 0) is 30.2 Å². The molecule has 2 aromatic rings. The van der Waals surface area contributed by atoms with E-state index in [0.717, 1.165) is 5.56 Å². The van der Waals surface area contributed by atoms with E-state index in [1.54, 1.807) is 18.2 Å². The Kier molecular flexibility index (Phi) is 4.02. The van der Waals surface area contributed by atoms with E-state index in [1.807, 2.05) is 0 Å². The van der Waals surface area contributed by atoms with Gasteiger partial charge in [-0.25, -0.2) is 19.2 Å². The van der Waals surface area contributed by atoms with Crippen LogP contribution < -0.4 is 5.32 Å². The number of nitrogens with one attached hydrogen (secondary N) is 1. The van der Waals surface area contributed by atoms with Crippen LogP contribution in [0.1, 0.15) is 16.2 Å². The first-order valence-corrected chi connectivity index (χ1v) is 5.70. The average molecular weight is 261 g/mol. The van der Waals surface area contributed by atoms with Gasteiger partial charge in [0.1, 0.15) is 11.6 Å². The van der Waals surface area contributed by atoms with Crippen LogP contribution in [0.25, 0.3) is 0 Å². The second-order valence-electron chi connectivity index (χ2n) is 3.87. The third-order valence-electron chi connectivity index (χ3n) is 2.48. The van der Waals surface area contributed by atoms with Gasteiger partial charge in [-0.1, -0.05) is 12.1 Å². The van der Waals surface area contributed by atoms with Gasteiger partial charge in [-0.2, -0.15) is 0 Å². The van der Waals surface area contributed by atoms with Gasteiger partial charge in [0.05, 0.1) is 0 Å². The van der Waals surface area contributed by atoms with Gasteiger partial charge in [0, 0.05) is 12.7 Å². The van der Waals surface area contributed by atoms with E-state index in [0.29, 0.717) is 18.8 Å². The number of benzene rings is 1. The molecule has 98 valence electrons. The van der Waals surface area contributed by atoms with Crippen molar-refractivity contribution in [1.29, 1.82) is 0 Å². The molecule has 1 aromatic carbocycles. The number of aromatic carboxylic acids is 1. The highest BCUT2D eigenvalue weighted by atomic mass is 19.1. The number of carbonyl (C=O) groups is 1. The normalized spacial score (nSPS) is 10.2. The molecule has 6 heteroatoms. The van der Waals surface area contributed by atoms with Gasteiger partial charge >= 0.3 is 5.97 Å². The number of halogens is 1. The summed E-state index contributed by atoms with van der Waals surface area (Å²) in [6.07, 6.45) is 2.07. The molecule has 5 nitrogen and oxygen atoms in total. The van der Waals surface area contributed by atoms with Crippen molar-refractivity contribution < 1.29 is 14.3 Å². The highest BCUT2D eigenvalue weighted by Gasteiger charge is 2.06. The minimum absolute atomic E-state index is 0.244. The fraction of sp³-hybridized carbons (Fsp3) is 0.154. The first-order chi connectivity index (χ1) is 9.15. The Morgan fingerprint density at radius 2 is 2.00 bits per heavy atom. The second kappa shape index (κ2) is 5.90. The van der Waals surface area contributed by atoms with Crippen LogP contribution in [-0.2, 0) is 6.42 Å². The highest BCUT2D eigenvalue weighted by Crippen LogP contribution is 2.05. The van der Waals surface area contributed by atoms with Crippen LogP contribution in [-0.4, -0.2) is 27.6 Å². The number of carboxylic acids is 1. The van der Waals surface area contributed by atoms with Crippen LogP contribution in [0.4, 0.5) is 10.2 Å². The third-order valence-corrected chi connectivity index (χ3v) is 2.48. The number of anilines is 1. The number of hydrogen-bond donors (Lipinski definition) is 2. The summed E-state index contributed by atoms with van der Waals surface area (Å²) in [4.78, 5) is 18.2. The van der Waals surface area contributed by atoms with E-state index in [9.17, 15) is 9.18 Å². The summed E-state index contributed by atoms with van der Waals surface area (Å²) >= 11 is 0. The van der Waals surface area contributed by atoms with Gasteiger partial charge < -0.3 is 10.4 Å². The SMILES string of the molecule is O=C(O)c1nccc(NCCc2ccc(F)cc2)n1. The lowest BCUT2D eigenvalue weighted by Gasteiger charge is -2.05. The quantitative estimate of drug-likeness (QED) is 0.860. The standard InChI is InChI=1S/C13H12FN3O2/c14-10-3-1-9(2-4-10)5-7-15-11-6-8-16-12(17-11)13(18)19/h1-4,6,8H,5,7H2,(H,18,19)(H,15,16,17). The van der Waals surface area contributed by atoms with E-state index >= 15 is 0 Å². The molecule has 0 unspecified atom stereocenters. The molecule has 0 saturated carbocycles. The Hall–Kier alpha value is -2.50. The molecule has 2 rings (SSSR count). The molecule has 0 amide bonds. The first-order valence-electron chi connectivity index (χ1n) is 5.70. The summed E-state index contributed by atoms with van der Waals surface area (Å²) in [7, 11) is 0. The van der Waals surface area contributed by atoms with Gasteiger partial charge in [0.25, 0.3) is 0 Å². The van der Waals surface area contributed by atoms with Crippen molar-refractivity contribution in [3.63, 3.8) is 0 Å². The fourth-order valence-electron chi connectivity index (χ4n) is 1.55. The van der Waals surface area contributed by atoms with Crippen molar-refractivity contribution in [2.75, 3.05) is 11.9 Å². The molecule has 0 spiro atoms. The lowest BCUT2D eigenvalue weighted by Crippen LogP contribution is -2.10. The summed E-state index contributed by atoms with van der Waals surface area (Å²) in [6, 6.07) is 7.82. The largest absolute Gasteiger partial charge is 0.475 e. The van der Waals surface area contributed by atoms with Crippen LogP contribution >= 0.6 is 0 Å². The predicted octanol–water partition coefficient (Wildman–Crippen LogP) is 1.97. The summed E-state index contributed by atoms with van der Waals surface area (Å²) in [5, 5.41) is 11.7. The molecule has 19 heavy (non-hydrogen) atoms. The fourth-order valence-corrected chi connectivity index (χ4v) is 1.55. The van der Waals surface area contributed by atoms with Crippen molar-refractivity contribution in [3.05, 3.63) is 53.7 Å². The minimum atomic E-state index is -1.16. The maximum atomic E-state index is 12.7. The predicted molar refractivity (Wildman–Crippen MR) is 67.6 cm³/mol. The van der Waals surface area contributed by atoms with E-state index in [1.165, 1.54) is 18.3 Å². The van der Waals surface area contributed by atoms with Crippen molar-refractivity contribution in [2.45, 2.75) is 6.42 Å². The summed E-state index contributed by atoms with van der Waals surface area (Å²) in [6.45, 7) is 0.571. The minimum Gasteiger partial charge on any atom is -0.475 e. The molecule has 0 aliphatic heterocycles. The Morgan fingerprint density at radius 3 is 2.68 bits per heavy atom. The molecule has 0 aliphatic carbocycles. The number of aromatic nitrogens is 2. The molecule has 1 heterocycles. The Labute approximate surface area is 109 Å². The van der Waals surface area contributed by atoms with E-state index in [2.05, 4.69) is 15.3 Å². The molecule has 0 fully saturated rings. The zero-order valence-corrected chi connectivity index (χ0v) is 10.0. The highest BCUT2D eigenvalue weighted by molar-refractivity contribution is 5.83. The maximum Gasteiger partial charge on any atom is 0.374 e. The monoisotopic (exact) mass is 261 g/mol. The smallest absolute Gasteiger partial charge is 0.374 e. The molecule has 0 bridgehead atoms. The lowest BCUT2D eigenvalue weighted by molar-refractivity contribution is 0.0683. The topological polar surface area (TPSA) is 75.1 Å². The Balaban J connectivity index is 1.90. The molecular weight excluding hydrogens is 249 g/mol. The zero-order chi connectivity index (χ0) is 13.7. The summed E-state index contributed by atoms with van der Waals surface area (Å²) in [5.74, 6) is -1.22. The summed E-state index contributed by atoms with van der Waals surface area (Å²) < 4.78 is 12.7. The molecular formula is C13H12FN3O2. The third kappa shape index (κ3) is 3.74. The molecule has 0 atom stereocenters. The van der Waals surface area contributed by atoms with E-state index in [4.69, 9.17) is 5.11 Å². The van der Waals surface area contributed by atoms with Crippen LogP contribution in [0.5, 0.6) is 0 Å². The first kappa shape index (κ1) is 12.9. The van der Waals surface area contributed by atoms with Crippen LogP contribution in [0.15, 0.2) is 36.5 Å². The second-order valence-corrected chi connectivity index (χ2v) is 3.87. The number of rotatable bonds is 5. The lowest BCUT2D eigenvalue weighted by atomic mass is 10.1. The van der Waals surface area contributed by atoms with Crippen LogP contribution in [0.2, 0.25) is 0 Å². The number of carboxylic acid groups (broad SMARTS) is 1. The number of nitrogens with zero attached hydrogens (tertiary/aromatic N) is 2. The van der Waals surface area contributed by atoms with Gasteiger partial charge in [-0.3, -0.25) is 0 Å². The maximum absolute atomic E-state index is 12.7. The van der Waals surface area contributed by atoms with Crippen molar-refractivity contribution in [3.8, 4) is 0 Å². The van der Waals surface area contributed by atoms with Crippen molar-refractivity contribution in [2.24, 2.45) is 0 Å². The van der Waals surface area contributed by atoms with Crippen molar-refractivity contribution in [1.82, 2.24) is 9.97 Å². The van der Waals surface area contributed by atoms with Gasteiger partial charge in [0.2, 0.25) is 5.82 Å². The van der Waals surface area contributed by atoms with Crippen LogP contribution in [0, 0.1) is 5.82 Å². The van der Waals surface area contributed by atoms with Gasteiger partial charge in [0.15, 0.2) is 0 Å². The van der Waals surface area contributed by atoms with Crippen LogP contribution in [0.3, 0.4) is 0 Å². The van der Waals surface area contributed by atoms with E-state index < -0.39 is 5.97 Å². The molecule has 1 aromatic heterocycles.